The topological polar surface area (TPSA) is 0 Å². The number of fused-ring (bicyclic) bond motifs is 9. The van der Waals surface area contributed by atoms with Gasteiger partial charge in [-0.25, -0.2) is 0 Å². The van der Waals surface area contributed by atoms with Crippen LogP contribution in [0.3, 0.4) is 0 Å². The molecule has 4 aromatic rings. The first-order chi connectivity index (χ1) is 16.8. The van der Waals surface area contributed by atoms with Crippen LogP contribution in [-0.2, 0) is 10.8 Å². The molecular formula is C33H32BS. The first-order valence-electron chi connectivity index (χ1n) is 12.7. The van der Waals surface area contributed by atoms with Gasteiger partial charge in [-0.2, -0.15) is 0 Å². The molecule has 0 unspecified atom stereocenters. The molecule has 4 aromatic carbocycles. The van der Waals surface area contributed by atoms with Crippen molar-refractivity contribution in [3.05, 3.63) is 119 Å². The van der Waals surface area contributed by atoms with Gasteiger partial charge >= 0.3 is 0 Å². The summed E-state index contributed by atoms with van der Waals surface area (Å²) in [5.74, 6) is 0. The van der Waals surface area contributed by atoms with Gasteiger partial charge in [0.2, 0.25) is 0 Å². The number of rotatable bonds is 4. The Bertz CT molecular complexity index is 1400. The Hall–Kier alpha value is -2.71. The Balaban J connectivity index is 1.74. The third kappa shape index (κ3) is 2.96. The Morgan fingerprint density at radius 2 is 1.20 bits per heavy atom. The number of hydrogen-bond acceptors (Lipinski definition) is 1. The second-order valence-corrected chi connectivity index (χ2v) is 12.3. The van der Waals surface area contributed by atoms with Crippen LogP contribution in [0.25, 0.3) is 11.1 Å². The standard InChI is InChI=1S/C33H32BS/c1-31(2,21-34-5)32(3,4)27-18-12-19-28-30(27)35-29-20-11-10-17-26(29)33(28)24-15-8-6-13-22(24)23-14-7-9-16-25(23)33/h6-20H,21H2,1-5H3. The van der Waals surface area contributed by atoms with Crippen LogP contribution in [0.5, 0.6) is 0 Å². The summed E-state index contributed by atoms with van der Waals surface area (Å²) >= 11 is 1.97. The van der Waals surface area contributed by atoms with Gasteiger partial charge in [0.05, 0.1) is 5.41 Å². The summed E-state index contributed by atoms with van der Waals surface area (Å²) in [5, 5.41) is 0. The van der Waals surface area contributed by atoms with Crippen LogP contribution in [0.15, 0.2) is 101 Å². The van der Waals surface area contributed by atoms with Crippen molar-refractivity contribution in [3.63, 3.8) is 0 Å². The van der Waals surface area contributed by atoms with E-state index >= 15 is 0 Å². The molecule has 2 aliphatic rings. The van der Waals surface area contributed by atoms with Gasteiger partial charge in [-0.3, -0.25) is 0 Å². The highest BCUT2D eigenvalue weighted by atomic mass is 32.2. The molecule has 0 amide bonds. The SMILES string of the molecule is C[B]CC(C)(C)C(C)(C)c1cccc2c1Sc1ccccc1C21c2ccccc2-c2ccccc21. The lowest BCUT2D eigenvalue weighted by molar-refractivity contribution is 0.221. The molecule has 0 saturated carbocycles. The molecular weight excluding hydrogens is 439 g/mol. The van der Waals surface area contributed by atoms with E-state index in [4.69, 9.17) is 0 Å². The van der Waals surface area contributed by atoms with Crippen LogP contribution in [-0.4, -0.2) is 7.28 Å². The summed E-state index contributed by atoms with van der Waals surface area (Å²) in [5.41, 5.74) is 9.68. The molecule has 1 aliphatic heterocycles. The van der Waals surface area contributed by atoms with Crippen LogP contribution < -0.4 is 0 Å². The molecule has 0 fully saturated rings. The molecule has 0 bridgehead atoms. The van der Waals surface area contributed by atoms with Crippen molar-refractivity contribution in [1.82, 2.24) is 0 Å². The predicted molar refractivity (Wildman–Crippen MR) is 151 cm³/mol. The van der Waals surface area contributed by atoms with Crippen molar-refractivity contribution < 1.29 is 0 Å². The summed E-state index contributed by atoms with van der Waals surface area (Å²) in [6.07, 6.45) is 1.09. The summed E-state index contributed by atoms with van der Waals surface area (Å²) in [6, 6.07) is 34.3. The Labute approximate surface area is 215 Å². The van der Waals surface area contributed by atoms with E-state index in [1.807, 2.05) is 11.8 Å². The molecule has 35 heavy (non-hydrogen) atoms. The Kier molecular flexibility index (Phi) is 5.13. The van der Waals surface area contributed by atoms with Crippen molar-refractivity contribution >= 4 is 19.0 Å². The Morgan fingerprint density at radius 3 is 1.83 bits per heavy atom. The van der Waals surface area contributed by atoms with Gasteiger partial charge in [0, 0.05) is 9.79 Å². The van der Waals surface area contributed by atoms with Crippen molar-refractivity contribution in [1.29, 1.82) is 0 Å². The zero-order valence-electron chi connectivity index (χ0n) is 21.4. The summed E-state index contributed by atoms with van der Waals surface area (Å²) in [7, 11) is 2.32. The van der Waals surface area contributed by atoms with Crippen molar-refractivity contribution in [2.24, 2.45) is 5.41 Å². The van der Waals surface area contributed by atoms with E-state index in [1.54, 1.807) is 0 Å². The third-order valence-corrected chi connectivity index (χ3v) is 10.2. The van der Waals surface area contributed by atoms with Crippen molar-refractivity contribution in [2.45, 2.75) is 61.5 Å². The molecule has 1 heterocycles. The fourth-order valence-electron chi connectivity index (χ4n) is 6.50. The summed E-state index contributed by atoms with van der Waals surface area (Å²) < 4.78 is 0. The molecule has 0 atom stereocenters. The minimum absolute atomic E-state index is 0.00294. The third-order valence-electron chi connectivity index (χ3n) is 8.95. The quantitative estimate of drug-likeness (QED) is 0.231. The smallest absolute Gasteiger partial charge is 0.0920 e. The molecule has 1 radical (unpaired) electrons. The van der Waals surface area contributed by atoms with Crippen LogP contribution >= 0.6 is 11.8 Å². The number of hydrogen-bond donors (Lipinski definition) is 0. The molecule has 0 N–H and O–H groups in total. The van der Waals surface area contributed by atoms with Gasteiger partial charge in [0.1, 0.15) is 7.28 Å². The maximum Gasteiger partial charge on any atom is 0.106 e. The predicted octanol–water partition coefficient (Wildman–Crippen LogP) is 8.99. The van der Waals surface area contributed by atoms with Crippen LogP contribution in [0.4, 0.5) is 0 Å². The van der Waals surface area contributed by atoms with Gasteiger partial charge in [0.25, 0.3) is 0 Å². The average molecular weight is 471 g/mol. The van der Waals surface area contributed by atoms with Crippen LogP contribution in [0.2, 0.25) is 13.1 Å². The largest absolute Gasteiger partial charge is 0.106 e. The van der Waals surface area contributed by atoms with Gasteiger partial charge in [0.15, 0.2) is 0 Å². The van der Waals surface area contributed by atoms with E-state index < -0.39 is 0 Å². The van der Waals surface area contributed by atoms with Crippen molar-refractivity contribution in [2.75, 3.05) is 0 Å². The maximum absolute atomic E-state index is 2.44. The van der Waals surface area contributed by atoms with Crippen LogP contribution in [0.1, 0.15) is 55.5 Å². The second-order valence-electron chi connectivity index (χ2n) is 11.2. The lowest BCUT2D eigenvalue weighted by Gasteiger charge is -2.46. The highest BCUT2D eigenvalue weighted by molar-refractivity contribution is 7.99. The minimum atomic E-state index is -0.294. The molecule has 1 spiro atoms. The molecule has 2 heteroatoms. The molecule has 173 valence electrons. The highest BCUT2D eigenvalue weighted by Crippen LogP contribution is 2.63. The Morgan fingerprint density at radius 1 is 0.657 bits per heavy atom. The normalized spacial score (nSPS) is 15.2. The summed E-state index contributed by atoms with van der Waals surface area (Å²) in [6.45, 7) is 11.9. The lowest BCUT2D eigenvalue weighted by atomic mass is 9.54. The van der Waals surface area contributed by atoms with E-state index in [-0.39, 0.29) is 16.2 Å². The maximum atomic E-state index is 2.44. The zero-order chi connectivity index (χ0) is 24.4. The molecule has 0 nitrogen and oxygen atoms in total. The summed E-state index contributed by atoms with van der Waals surface area (Å²) in [4.78, 5) is 2.81. The van der Waals surface area contributed by atoms with Gasteiger partial charge < -0.3 is 0 Å². The van der Waals surface area contributed by atoms with E-state index in [0.717, 1.165) is 6.32 Å². The minimum Gasteiger partial charge on any atom is -0.0920 e. The highest BCUT2D eigenvalue weighted by Gasteiger charge is 2.51. The van der Waals surface area contributed by atoms with Gasteiger partial charge in [-0.05, 0) is 55.8 Å². The zero-order valence-corrected chi connectivity index (χ0v) is 22.2. The van der Waals surface area contributed by atoms with Crippen LogP contribution in [0, 0.1) is 5.41 Å². The van der Waals surface area contributed by atoms with E-state index in [1.165, 1.54) is 48.7 Å². The molecule has 6 rings (SSSR count). The fraction of sp³-hybridized carbons (Fsp3) is 0.273. The van der Waals surface area contributed by atoms with E-state index in [0.29, 0.717) is 0 Å². The first-order valence-corrected chi connectivity index (χ1v) is 13.5. The average Bonchev–Trinajstić information content (AvgIpc) is 3.15. The van der Waals surface area contributed by atoms with E-state index in [2.05, 4.69) is 133 Å². The first kappa shape index (κ1) is 22.7. The fourth-order valence-corrected chi connectivity index (χ4v) is 7.96. The van der Waals surface area contributed by atoms with Crippen molar-refractivity contribution in [3.8, 4) is 11.1 Å². The van der Waals surface area contributed by atoms with Gasteiger partial charge in [-0.1, -0.05) is 138 Å². The molecule has 0 aromatic heterocycles. The monoisotopic (exact) mass is 471 g/mol. The molecule has 1 aliphatic carbocycles. The number of benzene rings is 4. The lowest BCUT2D eigenvalue weighted by Crippen LogP contribution is -2.39. The second kappa shape index (κ2) is 7.90. The van der Waals surface area contributed by atoms with E-state index in [9.17, 15) is 0 Å². The van der Waals surface area contributed by atoms with Gasteiger partial charge in [-0.15, -0.1) is 0 Å². The molecule has 0 saturated heterocycles.